The van der Waals surface area contributed by atoms with Gasteiger partial charge in [0.25, 0.3) is 0 Å². The van der Waals surface area contributed by atoms with E-state index in [1.807, 2.05) is 23.7 Å². The summed E-state index contributed by atoms with van der Waals surface area (Å²) in [6.07, 6.45) is 2.06. The lowest BCUT2D eigenvalue weighted by Crippen LogP contribution is -2.04. The quantitative estimate of drug-likeness (QED) is 0.859. The van der Waals surface area contributed by atoms with Crippen molar-refractivity contribution in [3.8, 4) is 0 Å². The Morgan fingerprint density at radius 1 is 1.38 bits per heavy atom. The van der Waals surface area contributed by atoms with Gasteiger partial charge >= 0.3 is 0 Å². The Hall–Kier alpha value is -1.35. The molecule has 1 heterocycles. The van der Waals surface area contributed by atoms with Crippen molar-refractivity contribution >= 4 is 10.9 Å². The Kier molecular flexibility index (Phi) is 2.97. The van der Waals surface area contributed by atoms with Gasteiger partial charge < -0.3 is 5.11 Å². The first-order valence-corrected chi connectivity index (χ1v) is 5.67. The van der Waals surface area contributed by atoms with Crippen molar-refractivity contribution in [2.75, 3.05) is 0 Å². The topological polar surface area (TPSA) is 38.0 Å². The van der Waals surface area contributed by atoms with E-state index >= 15 is 0 Å². The van der Waals surface area contributed by atoms with Gasteiger partial charge in [-0.15, -0.1) is 0 Å². The first kappa shape index (κ1) is 11.1. The van der Waals surface area contributed by atoms with Crippen molar-refractivity contribution in [1.29, 1.82) is 0 Å². The smallest absolute Gasteiger partial charge is 0.0952 e. The maximum atomic E-state index is 9.15. The zero-order valence-electron chi connectivity index (χ0n) is 10.1. The average molecular weight is 218 g/mol. The van der Waals surface area contributed by atoms with E-state index in [-0.39, 0.29) is 6.61 Å². The number of aromatic nitrogens is 2. The summed E-state index contributed by atoms with van der Waals surface area (Å²) in [5, 5.41) is 14.8. The van der Waals surface area contributed by atoms with Crippen LogP contribution < -0.4 is 0 Å². The predicted octanol–water partition coefficient (Wildman–Crippen LogP) is 2.49. The largest absolute Gasteiger partial charge is 0.392 e. The van der Waals surface area contributed by atoms with Gasteiger partial charge in [-0.05, 0) is 30.0 Å². The second-order valence-electron chi connectivity index (χ2n) is 4.75. The highest BCUT2D eigenvalue weighted by atomic mass is 16.3. The normalized spacial score (nSPS) is 11.6. The fourth-order valence-corrected chi connectivity index (χ4v) is 2.00. The number of aliphatic hydroxyl groups excluding tert-OH is 1. The average Bonchev–Trinajstić information content (AvgIpc) is 2.59. The summed E-state index contributed by atoms with van der Waals surface area (Å²) in [4.78, 5) is 0. The molecule has 0 aliphatic rings. The molecule has 2 rings (SSSR count). The van der Waals surface area contributed by atoms with Crippen LogP contribution in [0.2, 0.25) is 0 Å². The van der Waals surface area contributed by atoms with E-state index in [9.17, 15) is 0 Å². The Bertz CT molecular complexity index is 500. The van der Waals surface area contributed by atoms with E-state index < -0.39 is 0 Å². The second-order valence-corrected chi connectivity index (χ2v) is 4.75. The van der Waals surface area contributed by atoms with Gasteiger partial charge in [-0.2, -0.15) is 5.10 Å². The molecular weight excluding hydrogens is 200 g/mol. The number of aliphatic hydroxyl groups is 1. The summed E-state index contributed by atoms with van der Waals surface area (Å²) in [5.41, 5.74) is 3.12. The first-order chi connectivity index (χ1) is 7.60. The minimum Gasteiger partial charge on any atom is -0.392 e. The van der Waals surface area contributed by atoms with Gasteiger partial charge in [0.05, 0.1) is 12.1 Å². The van der Waals surface area contributed by atoms with E-state index in [2.05, 4.69) is 25.1 Å². The summed E-state index contributed by atoms with van der Waals surface area (Å²) >= 11 is 0. The molecule has 3 nitrogen and oxygen atoms in total. The molecule has 0 aliphatic carbocycles. The number of rotatable bonds is 3. The number of nitrogens with zero attached hydrogens (tertiary/aromatic N) is 2. The molecular formula is C13H18N2O. The third-order valence-corrected chi connectivity index (χ3v) is 2.64. The SMILES string of the molecule is Cc1cc(CO)cc2cn(CC(C)C)nc12. The Balaban J connectivity index is 2.48. The van der Waals surface area contributed by atoms with Gasteiger partial charge in [0.15, 0.2) is 0 Å². The fourth-order valence-electron chi connectivity index (χ4n) is 2.00. The monoisotopic (exact) mass is 218 g/mol. The van der Waals surface area contributed by atoms with Crippen molar-refractivity contribution in [2.24, 2.45) is 5.92 Å². The molecule has 0 amide bonds. The molecule has 86 valence electrons. The van der Waals surface area contributed by atoms with Crippen LogP contribution in [0.15, 0.2) is 18.3 Å². The molecule has 0 atom stereocenters. The molecule has 0 saturated carbocycles. The molecule has 1 aromatic heterocycles. The van der Waals surface area contributed by atoms with Crippen LogP contribution in [-0.2, 0) is 13.2 Å². The zero-order valence-corrected chi connectivity index (χ0v) is 10.1. The number of benzene rings is 1. The highest BCUT2D eigenvalue weighted by molar-refractivity contribution is 5.82. The molecule has 3 heteroatoms. The fraction of sp³-hybridized carbons (Fsp3) is 0.462. The summed E-state index contributed by atoms with van der Waals surface area (Å²) < 4.78 is 1.99. The summed E-state index contributed by atoms with van der Waals surface area (Å²) in [5.74, 6) is 0.590. The lowest BCUT2D eigenvalue weighted by molar-refractivity contribution is 0.282. The molecule has 0 fully saturated rings. The standard InChI is InChI=1S/C13H18N2O/c1-9(2)6-15-7-12-5-11(8-16)4-10(3)13(12)14-15/h4-5,7,9,16H,6,8H2,1-3H3. The van der Waals surface area contributed by atoms with Gasteiger partial charge in [-0.3, -0.25) is 4.68 Å². The molecule has 2 aromatic rings. The van der Waals surface area contributed by atoms with Crippen LogP contribution >= 0.6 is 0 Å². The molecule has 1 aromatic carbocycles. The van der Waals surface area contributed by atoms with Crippen LogP contribution in [0.5, 0.6) is 0 Å². The molecule has 0 bridgehead atoms. The van der Waals surface area contributed by atoms with Crippen molar-refractivity contribution < 1.29 is 5.11 Å². The highest BCUT2D eigenvalue weighted by Gasteiger charge is 2.06. The van der Waals surface area contributed by atoms with Gasteiger partial charge in [0.1, 0.15) is 0 Å². The van der Waals surface area contributed by atoms with Crippen LogP contribution in [0, 0.1) is 12.8 Å². The predicted molar refractivity (Wildman–Crippen MR) is 65.2 cm³/mol. The molecule has 16 heavy (non-hydrogen) atoms. The highest BCUT2D eigenvalue weighted by Crippen LogP contribution is 2.19. The van der Waals surface area contributed by atoms with E-state index in [0.717, 1.165) is 28.6 Å². The molecule has 0 radical (unpaired) electrons. The van der Waals surface area contributed by atoms with Gasteiger partial charge in [0.2, 0.25) is 0 Å². The van der Waals surface area contributed by atoms with Gasteiger partial charge in [0, 0.05) is 18.1 Å². The zero-order chi connectivity index (χ0) is 11.7. The number of hydrogen-bond acceptors (Lipinski definition) is 2. The van der Waals surface area contributed by atoms with Crippen molar-refractivity contribution in [1.82, 2.24) is 9.78 Å². The van der Waals surface area contributed by atoms with Crippen molar-refractivity contribution in [3.05, 3.63) is 29.5 Å². The molecule has 0 spiro atoms. The maximum absolute atomic E-state index is 9.15. The Morgan fingerprint density at radius 3 is 2.75 bits per heavy atom. The van der Waals surface area contributed by atoms with Crippen LogP contribution in [0.25, 0.3) is 10.9 Å². The first-order valence-electron chi connectivity index (χ1n) is 5.67. The Labute approximate surface area is 95.7 Å². The van der Waals surface area contributed by atoms with Crippen LogP contribution in [0.4, 0.5) is 0 Å². The van der Waals surface area contributed by atoms with E-state index in [1.165, 1.54) is 0 Å². The summed E-state index contributed by atoms with van der Waals surface area (Å²) in [6, 6.07) is 4.00. The van der Waals surface area contributed by atoms with Gasteiger partial charge in [-0.25, -0.2) is 0 Å². The molecule has 0 aliphatic heterocycles. The van der Waals surface area contributed by atoms with E-state index in [4.69, 9.17) is 5.11 Å². The molecule has 0 unspecified atom stereocenters. The third-order valence-electron chi connectivity index (χ3n) is 2.64. The minimum absolute atomic E-state index is 0.0894. The summed E-state index contributed by atoms with van der Waals surface area (Å²) in [7, 11) is 0. The van der Waals surface area contributed by atoms with E-state index in [0.29, 0.717) is 5.92 Å². The lowest BCUT2D eigenvalue weighted by atomic mass is 10.1. The third kappa shape index (κ3) is 2.09. The molecule has 0 saturated heterocycles. The van der Waals surface area contributed by atoms with Gasteiger partial charge in [-0.1, -0.05) is 19.9 Å². The molecule has 1 N–H and O–H groups in total. The van der Waals surface area contributed by atoms with Crippen molar-refractivity contribution in [3.63, 3.8) is 0 Å². The second kappa shape index (κ2) is 4.26. The Morgan fingerprint density at radius 2 is 2.12 bits per heavy atom. The number of fused-ring (bicyclic) bond motifs is 1. The maximum Gasteiger partial charge on any atom is 0.0952 e. The lowest BCUT2D eigenvalue weighted by Gasteiger charge is -2.02. The van der Waals surface area contributed by atoms with Crippen LogP contribution in [-0.4, -0.2) is 14.9 Å². The summed E-state index contributed by atoms with van der Waals surface area (Å²) in [6.45, 7) is 7.42. The van der Waals surface area contributed by atoms with Crippen molar-refractivity contribution in [2.45, 2.75) is 33.9 Å². The number of aryl methyl sites for hydroxylation is 1. The van der Waals surface area contributed by atoms with Crippen LogP contribution in [0.3, 0.4) is 0 Å². The minimum atomic E-state index is 0.0894. The number of hydrogen-bond donors (Lipinski definition) is 1. The van der Waals surface area contributed by atoms with Crippen LogP contribution in [0.1, 0.15) is 25.0 Å². The van der Waals surface area contributed by atoms with E-state index in [1.54, 1.807) is 0 Å².